The summed E-state index contributed by atoms with van der Waals surface area (Å²) < 4.78 is 6.47. The van der Waals surface area contributed by atoms with Gasteiger partial charge in [-0.05, 0) is 54.9 Å². The van der Waals surface area contributed by atoms with Crippen LogP contribution in [-0.2, 0) is 6.42 Å². The monoisotopic (exact) mass is 364 g/mol. The third kappa shape index (κ3) is 3.12. The van der Waals surface area contributed by atoms with E-state index in [1.165, 1.54) is 24.0 Å². The van der Waals surface area contributed by atoms with Gasteiger partial charge in [-0.15, -0.1) is 0 Å². The SMILES string of the molecule is COc1c(C)c(Br)cc(Cc2ccc(C3CC3)cc2)c1Cl. The van der Waals surface area contributed by atoms with E-state index in [4.69, 9.17) is 16.3 Å². The molecular weight excluding hydrogens is 348 g/mol. The number of halogens is 2. The molecule has 0 spiro atoms. The zero-order valence-corrected chi connectivity index (χ0v) is 14.6. The van der Waals surface area contributed by atoms with Crippen LogP contribution < -0.4 is 4.74 Å². The van der Waals surface area contributed by atoms with E-state index >= 15 is 0 Å². The molecule has 1 nitrogen and oxygen atoms in total. The third-order valence-electron chi connectivity index (χ3n) is 4.11. The molecule has 21 heavy (non-hydrogen) atoms. The maximum Gasteiger partial charge on any atom is 0.141 e. The van der Waals surface area contributed by atoms with Crippen molar-refractivity contribution in [3.05, 3.63) is 62.1 Å². The maximum atomic E-state index is 6.48. The lowest BCUT2D eigenvalue weighted by Crippen LogP contribution is -1.96. The van der Waals surface area contributed by atoms with E-state index in [1.54, 1.807) is 7.11 Å². The number of hydrogen-bond donors (Lipinski definition) is 0. The highest BCUT2D eigenvalue weighted by Gasteiger charge is 2.23. The lowest BCUT2D eigenvalue weighted by atomic mass is 10.0. The fourth-order valence-electron chi connectivity index (χ4n) is 2.66. The number of benzene rings is 2. The Morgan fingerprint density at radius 2 is 1.90 bits per heavy atom. The van der Waals surface area contributed by atoms with Crippen LogP contribution >= 0.6 is 27.5 Å². The highest BCUT2D eigenvalue weighted by atomic mass is 79.9. The minimum atomic E-state index is 0.712. The van der Waals surface area contributed by atoms with E-state index in [0.717, 1.165) is 33.7 Å². The largest absolute Gasteiger partial charge is 0.495 e. The second-order valence-corrected chi connectivity index (χ2v) is 6.91. The van der Waals surface area contributed by atoms with Crippen molar-refractivity contribution in [1.29, 1.82) is 0 Å². The van der Waals surface area contributed by atoms with E-state index in [1.807, 2.05) is 6.92 Å². The predicted molar refractivity (Wildman–Crippen MR) is 91.7 cm³/mol. The molecule has 2 aromatic rings. The Balaban J connectivity index is 1.88. The molecule has 1 aliphatic rings. The Morgan fingerprint density at radius 1 is 1.24 bits per heavy atom. The molecule has 0 aliphatic heterocycles. The molecule has 1 aliphatic carbocycles. The molecule has 1 saturated carbocycles. The summed E-state index contributed by atoms with van der Waals surface area (Å²) in [6.45, 7) is 2.00. The topological polar surface area (TPSA) is 9.23 Å². The van der Waals surface area contributed by atoms with Gasteiger partial charge in [0, 0.05) is 10.0 Å². The van der Waals surface area contributed by atoms with Crippen molar-refractivity contribution in [2.75, 3.05) is 7.11 Å². The average molecular weight is 366 g/mol. The van der Waals surface area contributed by atoms with Crippen molar-refractivity contribution >= 4 is 27.5 Å². The normalized spacial score (nSPS) is 14.3. The van der Waals surface area contributed by atoms with Gasteiger partial charge in [0.1, 0.15) is 5.75 Å². The summed E-state index contributed by atoms with van der Waals surface area (Å²) in [6.07, 6.45) is 3.50. The first-order chi connectivity index (χ1) is 10.1. The number of methoxy groups -OCH3 is 1. The molecule has 110 valence electrons. The molecule has 0 bridgehead atoms. The molecule has 2 aromatic carbocycles. The molecule has 0 amide bonds. The first kappa shape index (κ1) is 14.9. The van der Waals surface area contributed by atoms with Crippen molar-refractivity contribution in [2.24, 2.45) is 0 Å². The fraction of sp³-hybridized carbons (Fsp3) is 0.333. The van der Waals surface area contributed by atoms with Crippen LogP contribution in [0.1, 0.15) is 41.0 Å². The van der Waals surface area contributed by atoms with E-state index in [0.29, 0.717) is 5.02 Å². The summed E-state index contributed by atoms with van der Waals surface area (Å²) in [6, 6.07) is 11.0. The average Bonchev–Trinajstić information content (AvgIpc) is 3.31. The number of rotatable bonds is 4. The van der Waals surface area contributed by atoms with Crippen LogP contribution in [0.15, 0.2) is 34.8 Å². The Bertz CT molecular complexity index is 660. The molecule has 3 rings (SSSR count). The lowest BCUT2D eigenvalue weighted by molar-refractivity contribution is 0.411. The van der Waals surface area contributed by atoms with E-state index < -0.39 is 0 Å². The van der Waals surface area contributed by atoms with E-state index in [-0.39, 0.29) is 0 Å². The summed E-state index contributed by atoms with van der Waals surface area (Å²) in [5, 5.41) is 0.712. The Morgan fingerprint density at radius 3 is 2.48 bits per heavy atom. The van der Waals surface area contributed by atoms with Crippen molar-refractivity contribution in [3.63, 3.8) is 0 Å². The molecule has 0 N–H and O–H groups in total. The van der Waals surface area contributed by atoms with Crippen LogP contribution in [0.4, 0.5) is 0 Å². The van der Waals surface area contributed by atoms with Gasteiger partial charge in [-0.3, -0.25) is 0 Å². The van der Waals surface area contributed by atoms with Gasteiger partial charge in [0.25, 0.3) is 0 Å². The van der Waals surface area contributed by atoms with E-state index in [9.17, 15) is 0 Å². The van der Waals surface area contributed by atoms with Crippen LogP contribution in [0, 0.1) is 6.92 Å². The molecule has 3 heteroatoms. The van der Waals surface area contributed by atoms with Crippen LogP contribution in [0.5, 0.6) is 5.75 Å². The van der Waals surface area contributed by atoms with Gasteiger partial charge in [0.2, 0.25) is 0 Å². The summed E-state index contributed by atoms with van der Waals surface area (Å²) in [4.78, 5) is 0. The highest BCUT2D eigenvalue weighted by Crippen LogP contribution is 2.40. The van der Waals surface area contributed by atoms with Gasteiger partial charge in [-0.2, -0.15) is 0 Å². The second-order valence-electron chi connectivity index (χ2n) is 5.68. The van der Waals surface area contributed by atoms with Gasteiger partial charge in [-0.1, -0.05) is 51.8 Å². The zero-order valence-electron chi connectivity index (χ0n) is 12.2. The molecule has 0 radical (unpaired) electrons. The summed E-state index contributed by atoms with van der Waals surface area (Å²) >= 11 is 10.1. The van der Waals surface area contributed by atoms with Gasteiger partial charge >= 0.3 is 0 Å². The molecular formula is C18H18BrClO. The minimum Gasteiger partial charge on any atom is -0.495 e. The van der Waals surface area contributed by atoms with Gasteiger partial charge in [-0.25, -0.2) is 0 Å². The van der Waals surface area contributed by atoms with Crippen molar-refractivity contribution < 1.29 is 4.74 Å². The number of hydrogen-bond acceptors (Lipinski definition) is 1. The quantitative estimate of drug-likeness (QED) is 0.656. The van der Waals surface area contributed by atoms with Crippen LogP contribution in [-0.4, -0.2) is 7.11 Å². The highest BCUT2D eigenvalue weighted by molar-refractivity contribution is 9.10. The van der Waals surface area contributed by atoms with Gasteiger partial charge < -0.3 is 4.74 Å². The Hall–Kier alpha value is -0.990. The van der Waals surface area contributed by atoms with Crippen LogP contribution in [0.2, 0.25) is 5.02 Å². The summed E-state index contributed by atoms with van der Waals surface area (Å²) in [7, 11) is 1.66. The second kappa shape index (κ2) is 6.02. The van der Waals surface area contributed by atoms with Crippen molar-refractivity contribution in [2.45, 2.75) is 32.1 Å². The van der Waals surface area contributed by atoms with Gasteiger partial charge in [0.05, 0.1) is 12.1 Å². The first-order valence-corrected chi connectivity index (χ1v) is 8.37. The molecule has 0 saturated heterocycles. The molecule has 0 atom stereocenters. The molecule has 0 unspecified atom stereocenters. The zero-order chi connectivity index (χ0) is 15.0. The van der Waals surface area contributed by atoms with Crippen LogP contribution in [0.25, 0.3) is 0 Å². The predicted octanol–water partition coefficient (Wildman–Crippen LogP) is 5.89. The van der Waals surface area contributed by atoms with Crippen LogP contribution in [0.3, 0.4) is 0 Å². The maximum absolute atomic E-state index is 6.48. The lowest BCUT2D eigenvalue weighted by Gasteiger charge is -2.14. The van der Waals surface area contributed by atoms with Gasteiger partial charge in [0.15, 0.2) is 0 Å². The first-order valence-electron chi connectivity index (χ1n) is 7.20. The Kier molecular flexibility index (Phi) is 4.28. The summed E-state index contributed by atoms with van der Waals surface area (Å²) in [5.74, 6) is 1.56. The minimum absolute atomic E-state index is 0.712. The molecule has 1 fully saturated rings. The third-order valence-corrected chi connectivity index (χ3v) is 5.35. The molecule has 0 aromatic heterocycles. The standard InChI is InChI=1S/C18H18BrClO/c1-11-16(19)10-15(17(20)18(11)21-2)9-12-3-5-13(6-4-12)14-7-8-14/h3-6,10,14H,7-9H2,1-2H3. The number of ether oxygens (including phenoxy) is 1. The van der Waals surface area contributed by atoms with E-state index in [2.05, 4.69) is 46.3 Å². The van der Waals surface area contributed by atoms with Crippen molar-refractivity contribution in [3.8, 4) is 5.75 Å². The smallest absolute Gasteiger partial charge is 0.141 e. The molecule has 0 heterocycles. The Labute approximate surface area is 139 Å². The summed E-state index contributed by atoms with van der Waals surface area (Å²) in [5.41, 5.74) is 4.87. The van der Waals surface area contributed by atoms with Crippen molar-refractivity contribution in [1.82, 2.24) is 0 Å². The fourth-order valence-corrected chi connectivity index (χ4v) is 3.46.